The minimum absolute atomic E-state index is 0. The molecule has 3 rings (SSSR count). The second-order valence-electron chi connectivity index (χ2n) is 7.57. The van der Waals surface area contributed by atoms with Gasteiger partial charge in [0.15, 0.2) is 5.78 Å². The van der Waals surface area contributed by atoms with Gasteiger partial charge in [0.05, 0.1) is 11.3 Å². The zero-order valence-electron chi connectivity index (χ0n) is 18.5. The van der Waals surface area contributed by atoms with E-state index in [1.165, 1.54) is 36.4 Å². The number of fused-ring (bicyclic) bond motifs is 1. The number of nitrogens with zero attached hydrogens (tertiary/aromatic N) is 1. The predicted molar refractivity (Wildman–Crippen MR) is 121 cm³/mol. The Bertz CT molecular complexity index is 1020. The van der Waals surface area contributed by atoms with Gasteiger partial charge in [0.2, 0.25) is 0 Å². The predicted octanol–water partition coefficient (Wildman–Crippen LogP) is 6.87. The van der Waals surface area contributed by atoms with Crippen LogP contribution < -0.4 is 0 Å². The Hall–Kier alpha value is -2.29. The second-order valence-corrected chi connectivity index (χ2v) is 7.57. The molecule has 0 fully saturated rings. The summed E-state index contributed by atoms with van der Waals surface area (Å²) >= 11 is 0. The zero-order chi connectivity index (χ0) is 21.6. The fourth-order valence-electron chi connectivity index (χ4n) is 3.31. The number of hydrogen-bond acceptors (Lipinski definition) is 3. The van der Waals surface area contributed by atoms with Crippen LogP contribution in [0.4, 0.5) is 0 Å². The largest absolute Gasteiger partial charge is 0.512 e. The van der Waals surface area contributed by atoms with E-state index in [-0.39, 0.29) is 31.6 Å². The number of aliphatic hydroxyl groups excluding tert-OH is 1. The van der Waals surface area contributed by atoms with Crippen LogP contribution in [0.15, 0.2) is 54.3 Å². The fourth-order valence-corrected chi connectivity index (χ4v) is 3.31. The average Bonchev–Trinajstić information content (AvgIpc) is 2.65. The first kappa shape index (κ1) is 25.7. The molecule has 3 aromatic rings. The maximum absolute atomic E-state index is 10.0. The monoisotopic (exact) mass is 581 g/mol. The summed E-state index contributed by atoms with van der Waals surface area (Å²) in [6.07, 6.45) is 2.31. The molecule has 1 atom stereocenters. The second kappa shape index (κ2) is 11.8. The van der Waals surface area contributed by atoms with Crippen molar-refractivity contribution >= 4 is 16.7 Å². The Morgan fingerprint density at radius 2 is 1.87 bits per heavy atom. The van der Waals surface area contributed by atoms with Gasteiger partial charge in [-0.1, -0.05) is 52.0 Å². The molecule has 4 heteroatoms. The number of pyridine rings is 1. The topological polar surface area (TPSA) is 50.2 Å². The Labute approximate surface area is 193 Å². The van der Waals surface area contributed by atoms with Gasteiger partial charge in [0.1, 0.15) is 0 Å². The van der Waals surface area contributed by atoms with Crippen molar-refractivity contribution in [2.75, 3.05) is 0 Å². The van der Waals surface area contributed by atoms with E-state index in [1.807, 2.05) is 0 Å². The summed E-state index contributed by atoms with van der Waals surface area (Å²) in [5, 5.41) is 9.63. The van der Waals surface area contributed by atoms with Crippen molar-refractivity contribution in [3.63, 3.8) is 0 Å². The molecule has 0 aliphatic heterocycles. The summed E-state index contributed by atoms with van der Waals surface area (Å²) in [7, 11) is 0. The summed E-state index contributed by atoms with van der Waals surface area (Å²) < 4.78 is 0. The fraction of sp³-hybridized carbons (Fsp3) is 0.308. The molecule has 0 aliphatic rings. The molecule has 0 amide bonds. The SMILES string of the molecule is CC(=O)/C=C(/C)O.CCC(C)c1cccc2nc(-c3[c-]c(C)cc(C)c3)ccc12.[Ir]. The van der Waals surface area contributed by atoms with Crippen LogP contribution in [-0.2, 0) is 24.9 Å². The molecular weight excluding hydrogens is 551 g/mol. The van der Waals surface area contributed by atoms with Gasteiger partial charge in [-0.15, -0.1) is 34.9 Å². The van der Waals surface area contributed by atoms with Crippen LogP contribution >= 0.6 is 0 Å². The molecule has 30 heavy (non-hydrogen) atoms. The van der Waals surface area contributed by atoms with Gasteiger partial charge >= 0.3 is 0 Å². The van der Waals surface area contributed by atoms with Crippen molar-refractivity contribution in [3.05, 3.63) is 77.1 Å². The number of ketones is 1. The summed E-state index contributed by atoms with van der Waals surface area (Å²) in [5.41, 5.74) is 6.95. The number of hydrogen-bond donors (Lipinski definition) is 1. The molecular formula is C26H30IrNO2-. The molecule has 0 spiro atoms. The number of aryl methyl sites for hydroxylation is 2. The van der Waals surface area contributed by atoms with Crippen LogP contribution in [0.2, 0.25) is 0 Å². The van der Waals surface area contributed by atoms with Gasteiger partial charge in [0, 0.05) is 31.6 Å². The number of aromatic nitrogens is 1. The molecule has 1 aromatic heterocycles. The van der Waals surface area contributed by atoms with E-state index in [1.54, 1.807) is 0 Å². The van der Waals surface area contributed by atoms with Gasteiger partial charge in [-0.2, -0.15) is 0 Å². The van der Waals surface area contributed by atoms with E-state index in [0.29, 0.717) is 5.92 Å². The van der Waals surface area contributed by atoms with E-state index >= 15 is 0 Å². The zero-order valence-corrected chi connectivity index (χ0v) is 20.9. The van der Waals surface area contributed by atoms with E-state index in [9.17, 15) is 4.79 Å². The van der Waals surface area contributed by atoms with Gasteiger partial charge in [-0.25, -0.2) is 0 Å². The van der Waals surface area contributed by atoms with Crippen molar-refractivity contribution in [2.24, 2.45) is 0 Å². The Morgan fingerprint density at radius 3 is 2.40 bits per heavy atom. The molecule has 1 radical (unpaired) electrons. The third-order valence-electron chi connectivity index (χ3n) is 4.75. The molecule has 0 aliphatic carbocycles. The standard InChI is InChI=1S/C21H22N.C5H8O2.Ir/c1-5-16(4)18-7-6-8-21-19(18)9-10-20(22-21)17-12-14(2)11-15(3)13-17;1-4(6)3-5(2)7;/h6-12,16H,5H2,1-4H3;3,6H,1-2H3;/q-1;;/b;4-3-;. The average molecular weight is 581 g/mol. The summed E-state index contributed by atoms with van der Waals surface area (Å²) in [6, 6.07) is 18.5. The van der Waals surface area contributed by atoms with Crippen molar-refractivity contribution in [3.8, 4) is 11.3 Å². The minimum Gasteiger partial charge on any atom is -0.512 e. The number of aliphatic hydroxyl groups is 1. The molecule has 0 bridgehead atoms. The van der Waals surface area contributed by atoms with E-state index in [4.69, 9.17) is 10.1 Å². The Kier molecular flexibility index (Phi) is 10.1. The van der Waals surface area contributed by atoms with Gasteiger partial charge in [-0.05, 0) is 43.5 Å². The van der Waals surface area contributed by atoms with Crippen LogP contribution in [0, 0.1) is 19.9 Å². The summed E-state index contributed by atoms with van der Waals surface area (Å²) in [6.45, 7) is 11.6. The van der Waals surface area contributed by atoms with E-state index in [2.05, 4.69) is 76.2 Å². The van der Waals surface area contributed by atoms with Crippen LogP contribution in [0.3, 0.4) is 0 Å². The summed E-state index contributed by atoms with van der Waals surface area (Å²) in [4.78, 5) is 14.9. The molecule has 1 unspecified atom stereocenters. The number of carbonyl (C=O) groups is 1. The Balaban J connectivity index is 0.000000489. The van der Waals surface area contributed by atoms with Gasteiger partial charge in [0.25, 0.3) is 0 Å². The first-order chi connectivity index (χ1) is 13.7. The maximum Gasteiger partial charge on any atom is 0.155 e. The molecule has 0 saturated heterocycles. The van der Waals surface area contributed by atoms with Crippen LogP contribution in [0.5, 0.6) is 0 Å². The van der Waals surface area contributed by atoms with Crippen LogP contribution in [0.1, 0.15) is 56.7 Å². The van der Waals surface area contributed by atoms with Gasteiger partial charge < -0.3 is 5.11 Å². The third-order valence-corrected chi connectivity index (χ3v) is 4.75. The van der Waals surface area contributed by atoms with Crippen molar-refractivity contribution in [2.45, 2.75) is 53.9 Å². The molecule has 1 heterocycles. The number of carbonyl (C=O) groups excluding carboxylic acids is 1. The minimum atomic E-state index is -0.125. The first-order valence-corrected chi connectivity index (χ1v) is 9.99. The smallest absolute Gasteiger partial charge is 0.155 e. The van der Waals surface area contributed by atoms with Crippen molar-refractivity contribution in [1.82, 2.24) is 4.98 Å². The van der Waals surface area contributed by atoms with Crippen LogP contribution in [-0.4, -0.2) is 15.9 Å². The number of allylic oxidation sites excluding steroid dienone is 2. The molecule has 161 valence electrons. The van der Waals surface area contributed by atoms with Gasteiger partial charge in [-0.3, -0.25) is 9.78 Å². The number of benzene rings is 2. The summed E-state index contributed by atoms with van der Waals surface area (Å²) in [5.74, 6) is 0.497. The molecule has 1 N–H and O–H groups in total. The van der Waals surface area contributed by atoms with Crippen molar-refractivity contribution in [1.29, 1.82) is 0 Å². The van der Waals surface area contributed by atoms with Crippen molar-refractivity contribution < 1.29 is 30.0 Å². The molecule has 3 nitrogen and oxygen atoms in total. The van der Waals surface area contributed by atoms with E-state index in [0.717, 1.165) is 28.8 Å². The normalized spacial score (nSPS) is 11.9. The molecule has 0 saturated carbocycles. The van der Waals surface area contributed by atoms with E-state index < -0.39 is 0 Å². The first-order valence-electron chi connectivity index (χ1n) is 9.99. The molecule has 2 aromatic carbocycles. The Morgan fingerprint density at radius 1 is 1.17 bits per heavy atom. The maximum atomic E-state index is 10.0. The quantitative estimate of drug-likeness (QED) is 0.208. The third kappa shape index (κ3) is 7.19. The van der Waals surface area contributed by atoms with Crippen LogP contribution in [0.25, 0.3) is 22.2 Å². The number of rotatable bonds is 4.